The van der Waals surface area contributed by atoms with Gasteiger partial charge in [-0.3, -0.25) is 9.79 Å². The molecule has 1 atom stereocenters. The SMILES string of the molecule is CN=C(NCC(C)CN1CCN(C)CC1)N1CCN(C(=O)c2ccco2)CC1. The van der Waals surface area contributed by atoms with Crippen molar-refractivity contribution in [3.63, 3.8) is 0 Å². The molecule has 0 bridgehead atoms. The highest BCUT2D eigenvalue weighted by atomic mass is 16.3. The summed E-state index contributed by atoms with van der Waals surface area (Å²) >= 11 is 0. The normalized spacial score (nSPS) is 21.0. The Bertz CT molecular complexity index is 631. The van der Waals surface area contributed by atoms with Crippen molar-refractivity contribution in [1.29, 1.82) is 0 Å². The predicted octanol–water partition coefficient (Wildman–Crippen LogP) is 0.496. The number of carbonyl (C=O) groups excluding carboxylic acids is 1. The number of likely N-dealkylation sites (N-methyl/N-ethyl adjacent to an activating group) is 1. The number of hydrogen-bond donors (Lipinski definition) is 1. The lowest BCUT2D eigenvalue weighted by molar-refractivity contribution is 0.0657. The Morgan fingerprint density at radius 3 is 2.43 bits per heavy atom. The molecule has 1 amide bonds. The fourth-order valence-electron chi connectivity index (χ4n) is 3.81. The molecule has 0 spiro atoms. The van der Waals surface area contributed by atoms with E-state index >= 15 is 0 Å². The third-order valence-electron chi connectivity index (χ3n) is 5.58. The summed E-state index contributed by atoms with van der Waals surface area (Å²) in [4.78, 5) is 25.9. The van der Waals surface area contributed by atoms with E-state index in [1.54, 1.807) is 18.4 Å². The Kier molecular flexibility index (Phi) is 7.33. The van der Waals surface area contributed by atoms with Crippen molar-refractivity contribution >= 4 is 11.9 Å². The average Bonchev–Trinajstić information content (AvgIpc) is 3.25. The molecule has 0 aliphatic carbocycles. The van der Waals surface area contributed by atoms with E-state index in [-0.39, 0.29) is 5.91 Å². The van der Waals surface area contributed by atoms with Crippen LogP contribution in [0, 0.1) is 5.92 Å². The summed E-state index contributed by atoms with van der Waals surface area (Å²) in [6, 6.07) is 3.47. The lowest BCUT2D eigenvalue weighted by atomic mass is 10.1. The minimum Gasteiger partial charge on any atom is -0.459 e. The van der Waals surface area contributed by atoms with E-state index in [2.05, 4.69) is 39.0 Å². The molecular weight excluding hydrogens is 356 g/mol. The highest BCUT2D eigenvalue weighted by Crippen LogP contribution is 2.10. The quantitative estimate of drug-likeness (QED) is 0.583. The number of aliphatic imine (C=N–C) groups is 1. The Balaban J connectivity index is 1.40. The van der Waals surface area contributed by atoms with Gasteiger partial charge in [-0.15, -0.1) is 0 Å². The van der Waals surface area contributed by atoms with E-state index in [0.717, 1.165) is 58.3 Å². The molecule has 1 aromatic rings. The molecule has 2 aliphatic rings. The maximum atomic E-state index is 12.4. The number of guanidine groups is 1. The number of carbonyl (C=O) groups is 1. The third kappa shape index (κ3) is 5.48. The van der Waals surface area contributed by atoms with E-state index in [1.165, 1.54) is 0 Å². The van der Waals surface area contributed by atoms with Crippen LogP contribution < -0.4 is 5.32 Å². The second kappa shape index (κ2) is 9.93. The van der Waals surface area contributed by atoms with Crippen LogP contribution in [0.15, 0.2) is 27.8 Å². The fourth-order valence-corrected chi connectivity index (χ4v) is 3.81. The van der Waals surface area contributed by atoms with E-state index in [9.17, 15) is 4.79 Å². The van der Waals surface area contributed by atoms with Crippen molar-refractivity contribution in [3.05, 3.63) is 24.2 Å². The second-order valence-electron chi connectivity index (χ2n) is 7.89. The van der Waals surface area contributed by atoms with Crippen LogP contribution in [0.3, 0.4) is 0 Å². The minimum absolute atomic E-state index is 0.0339. The molecule has 156 valence electrons. The first-order chi connectivity index (χ1) is 13.6. The molecule has 0 aromatic carbocycles. The monoisotopic (exact) mass is 390 g/mol. The number of piperazine rings is 2. The molecule has 2 saturated heterocycles. The van der Waals surface area contributed by atoms with Gasteiger partial charge in [0.05, 0.1) is 6.26 Å². The molecule has 2 aliphatic heterocycles. The number of furan rings is 1. The van der Waals surface area contributed by atoms with Crippen molar-refractivity contribution in [2.45, 2.75) is 6.92 Å². The average molecular weight is 391 g/mol. The zero-order valence-corrected chi connectivity index (χ0v) is 17.4. The smallest absolute Gasteiger partial charge is 0.289 e. The Morgan fingerprint density at radius 2 is 1.82 bits per heavy atom. The highest BCUT2D eigenvalue weighted by molar-refractivity contribution is 5.91. The molecule has 8 nitrogen and oxygen atoms in total. The number of amides is 1. The van der Waals surface area contributed by atoms with Gasteiger partial charge in [0.25, 0.3) is 5.91 Å². The van der Waals surface area contributed by atoms with Crippen LogP contribution >= 0.6 is 0 Å². The Labute approximate surface area is 168 Å². The lowest BCUT2D eigenvalue weighted by Gasteiger charge is -2.37. The topological polar surface area (TPSA) is 67.6 Å². The van der Waals surface area contributed by atoms with E-state index in [0.29, 0.717) is 24.8 Å². The van der Waals surface area contributed by atoms with Crippen LogP contribution in [0.1, 0.15) is 17.5 Å². The summed E-state index contributed by atoms with van der Waals surface area (Å²) in [5.74, 6) is 1.86. The molecule has 1 N–H and O–H groups in total. The second-order valence-corrected chi connectivity index (χ2v) is 7.89. The Morgan fingerprint density at radius 1 is 1.14 bits per heavy atom. The molecule has 3 heterocycles. The first kappa shape index (κ1) is 20.7. The van der Waals surface area contributed by atoms with Crippen molar-refractivity contribution < 1.29 is 9.21 Å². The van der Waals surface area contributed by atoms with E-state index in [1.807, 2.05) is 11.9 Å². The first-order valence-corrected chi connectivity index (χ1v) is 10.3. The summed E-state index contributed by atoms with van der Waals surface area (Å²) in [5.41, 5.74) is 0. The van der Waals surface area contributed by atoms with Crippen molar-refractivity contribution in [1.82, 2.24) is 24.9 Å². The molecule has 3 rings (SSSR count). The lowest BCUT2D eigenvalue weighted by Crippen LogP contribution is -2.54. The fraction of sp³-hybridized carbons (Fsp3) is 0.700. The van der Waals surface area contributed by atoms with Gasteiger partial charge in [0.1, 0.15) is 0 Å². The van der Waals surface area contributed by atoms with Crippen molar-refractivity contribution in [3.8, 4) is 0 Å². The van der Waals surface area contributed by atoms with Crippen LogP contribution in [0.25, 0.3) is 0 Å². The zero-order valence-electron chi connectivity index (χ0n) is 17.4. The highest BCUT2D eigenvalue weighted by Gasteiger charge is 2.25. The van der Waals surface area contributed by atoms with Crippen LogP contribution in [-0.2, 0) is 0 Å². The van der Waals surface area contributed by atoms with Gasteiger partial charge in [-0.2, -0.15) is 0 Å². The Hall–Kier alpha value is -2.06. The molecule has 8 heteroatoms. The molecule has 2 fully saturated rings. The maximum Gasteiger partial charge on any atom is 0.289 e. The van der Waals surface area contributed by atoms with Gasteiger partial charge in [-0.25, -0.2) is 0 Å². The van der Waals surface area contributed by atoms with Crippen molar-refractivity contribution in [2.24, 2.45) is 10.9 Å². The molecular formula is C20H34N6O2. The van der Waals surface area contributed by atoms with Crippen LogP contribution in [0.5, 0.6) is 0 Å². The summed E-state index contributed by atoms with van der Waals surface area (Å²) < 4.78 is 5.23. The number of nitrogens with zero attached hydrogens (tertiary/aromatic N) is 5. The third-order valence-corrected chi connectivity index (χ3v) is 5.58. The van der Waals surface area contributed by atoms with Gasteiger partial charge in [-0.1, -0.05) is 6.92 Å². The van der Waals surface area contributed by atoms with Gasteiger partial charge >= 0.3 is 0 Å². The zero-order chi connectivity index (χ0) is 19.9. The van der Waals surface area contributed by atoms with Gasteiger partial charge in [0, 0.05) is 72.5 Å². The molecule has 0 saturated carbocycles. The minimum atomic E-state index is -0.0339. The number of rotatable bonds is 5. The molecule has 0 radical (unpaired) electrons. The summed E-state index contributed by atoms with van der Waals surface area (Å²) in [6.45, 7) is 11.8. The van der Waals surface area contributed by atoms with E-state index < -0.39 is 0 Å². The first-order valence-electron chi connectivity index (χ1n) is 10.3. The standard InChI is InChI=1S/C20H34N6O2/c1-17(16-24-8-6-23(3)7-9-24)15-22-20(21-2)26-12-10-25(11-13-26)19(27)18-5-4-14-28-18/h4-5,14,17H,6-13,15-16H2,1-3H3,(H,21,22). The van der Waals surface area contributed by atoms with Crippen LogP contribution in [-0.4, -0.2) is 111 Å². The summed E-state index contributed by atoms with van der Waals surface area (Å²) in [5, 5.41) is 3.53. The van der Waals surface area contributed by atoms with Gasteiger partial charge in [0.15, 0.2) is 11.7 Å². The van der Waals surface area contributed by atoms with Gasteiger partial charge in [-0.05, 0) is 25.1 Å². The molecule has 1 unspecified atom stereocenters. The van der Waals surface area contributed by atoms with Gasteiger partial charge in [0.2, 0.25) is 0 Å². The van der Waals surface area contributed by atoms with Crippen LogP contribution in [0.4, 0.5) is 0 Å². The largest absolute Gasteiger partial charge is 0.459 e. The number of nitrogens with one attached hydrogen (secondary N) is 1. The van der Waals surface area contributed by atoms with Gasteiger partial charge < -0.3 is 29.3 Å². The maximum absolute atomic E-state index is 12.4. The summed E-state index contributed by atoms with van der Waals surface area (Å²) in [6.07, 6.45) is 1.54. The van der Waals surface area contributed by atoms with Crippen molar-refractivity contribution in [2.75, 3.05) is 79.5 Å². The number of hydrogen-bond acceptors (Lipinski definition) is 5. The summed E-state index contributed by atoms with van der Waals surface area (Å²) in [7, 11) is 4.02. The predicted molar refractivity (Wildman–Crippen MR) is 111 cm³/mol. The molecule has 28 heavy (non-hydrogen) atoms. The van der Waals surface area contributed by atoms with Crippen LogP contribution in [0.2, 0.25) is 0 Å². The molecule has 1 aromatic heterocycles. The van der Waals surface area contributed by atoms with E-state index in [4.69, 9.17) is 4.42 Å².